The molecule has 0 aliphatic carbocycles. The number of carbonyl (C=O) groups is 2. The minimum absolute atomic E-state index is 0.000442. The molecule has 1 N–H and O–H groups in total. The highest BCUT2D eigenvalue weighted by atomic mass is 79.9. The third-order valence-electron chi connectivity index (χ3n) is 5.88. The van der Waals surface area contributed by atoms with Crippen LogP contribution in [-0.2, 0) is 29.0 Å². The average molecular weight is 576 g/mol. The summed E-state index contributed by atoms with van der Waals surface area (Å²) in [5, 5.41) is 3.91. The van der Waals surface area contributed by atoms with Crippen LogP contribution in [0.1, 0.15) is 37.0 Å². The van der Waals surface area contributed by atoms with Gasteiger partial charge in [0.1, 0.15) is 6.04 Å². The van der Waals surface area contributed by atoms with Crippen LogP contribution in [-0.4, -0.2) is 28.8 Å². The zero-order chi connectivity index (χ0) is 25.4. The fourth-order valence-corrected chi connectivity index (χ4v) is 4.29. The van der Waals surface area contributed by atoms with Crippen LogP contribution in [0.2, 0.25) is 10.0 Å². The highest BCUT2D eigenvalue weighted by Gasteiger charge is 2.31. The zero-order valence-corrected chi connectivity index (χ0v) is 22.9. The number of hydrogen-bond acceptors (Lipinski definition) is 2. The summed E-state index contributed by atoms with van der Waals surface area (Å²) >= 11 is 15.7. The van der Waals surface area contributed by atoms with Gasteiger partial charge < -0.3 is 10.2 Å². The Balaban J connectivity index is 1.97. The Morgan fingerprint density at radius 3 is 2.20 bits per heavy atom. The van der Waals surface area contributed by atoms with Gasteiger partial charge in [0.05, 0.1) is 16.5 Å². The van der Waals surface area contributed by atoms with Gasteiger partial charge in [-0.25, -0.2) is 0 Å². The highest BCUT2D eigenvalue weighted by molar-refractivity contribution is 9.10. The lowest BCUT2D eigenvalue weighted by atomic mass is 10.0. The number of nitrogens with one attached hydrogen (secondary N) is 1. The van der Waals surface area contributed by atoms with Gasteiger partial charge in [0.2, 0.25) is 11.8 Å². The number of carbonyl (C=O) groups excluding carboxylic acids is 2. The first kappa shape index (κ1) is 27.3. The van der Waals surface area contributed by atoms with Crippen LogP contribution in [0.15, 0.2) is 77.3 Å². The fraction of sp³-hybridized carbons (Fsp3) is 0.286. The Morgan fingerprint density at radius 1 is 0.914 bits per heavy atom. The van der Waals surface area contributed by atoms with Crippen LogP contribution in [0.4, 0.5) is 0 Å². The van der Waals surface area contributed by atoms with Crippen molar-refractivity contribution in [1.82, 2.24) is 10.2 Å². The van der Waals surface area contributed by atoms with Crippen molar-refractivity contribution in [1.29, 1.82) is 0 Å². The molecule has 0 spiro atoms. The molecule has 4 nitrogen and oxygen atoms in total. The maximum atomic E-state index is 13.7. The second kappa shape index (κ2) is 13.1. The molecule has 0 aliphatic rings. The second-order valence-corrected chi connectivity index (χ2v) is 10.3. The molecule has 0 aromatic heterocycles. The number of benzene rings is 3. The van der Waals surface area contributed by atoms with E-state index in [9.17, 15) is 9.59 Å². The molecule has 3 aromatic rings. The Morgan fingerprint density at radius 2 is 1.57 bits per heavy atom. The van der Waals surface area contributed by atoms with Crippen LogP contribution >= 0.6 is 39.1 Å². The predicted octanol–water partition coefficient (Wildman–Crippen LogP) is 6.85. The first-order valence-corrected chi connectivity index (χ1v) is 13.1. The zero-order valence-electron chi connectivity index (χ0n) is 19.8. The van der Waals surface area contributed by atoms with Crippen molar-refractivity contribution in [2.24, 2.45) is 0 Å². The maximum absolute atomic E-state index is 13.7. The first-order valence-electron chi connectivity index (χ1n) is 11.6. The summed E-state index contributed by atoms with van der Waals surface area (Å²) in [4.78, 5) is 28.9. The van der Waals surface area contributed by atoms with Gasteiger partial charge in [-0.15, -0.1) is 0 Å². The molecular formula is C28H29BrCl2N2O2. The summed E-state index contributed by atoms with van der Waals surface area (Å²) in [5.41, 5.74) is 2.66. The SMILES string of the molecule is CC[C@H](C)NC(=O)[C@@H](Cc1ccccc1)N(Cc1ccc(Br)cc1)C(=O)Cc1ccc(Cl)c(Cl)c1. The normalized spacial score (nSPS) is 12.6. The first-order chi connectivity index (χ1) is 16.8. The molecule has 3 aromatic carbocycles. The fourth-order valence-electron chi connectivity index (χ4n) is 3.71. The van der Waals surface area contributed by atoms with E-state index >= 15 is 0 Å². The van der Waals surface area contributed by atoms with E-state index in [0.29, 0.717) is 23.0 Å². The average Bonchev–Trinajstić information content (AvgIpc) is 2.85. The molecule has 0 bridgehead atoms. The Hall–Kier alpha value is -2.34. The third-order valence-corrected chi connectivity index (χ3v) is 7.15. The van der Waals surface area contributed by atoms with Gasteiger partial charge in [-0.05, 0) is 54.3 Å². The second-order valence-electron chi connectivity index (χ2n) is 8.60. The van der Waals surface area contributed by atoms with Crippen LogP contribution in [0.3, 0.4) is 0 Å². The van der Waals surface area contributed by atoms with Crippen LogP contribution in [0.25, 0.3) is 0 Å². The molecule has 7 heteroatoms. The van der Waals surface area contributed by atoms with E-state index in [1.54, 1.807) is 23.1 Å². The van der Waals surface area contributed by atoms with E-state index in [-0.39, 0.29) is 24.3 Å². The van der Waals surface area contributed by atoms with Gasteiger partial charge in [0.15, 0.2) is 0 Å². The smallest absolute Gasteiger partial charge is 0.243 e. The monoisotopic (exact) mass is 574 g/mol. The molecule has 0 saturated carbocycles. The Kier molecular flexibility index (Phi) is 10.2. The Bertz CT molecular complexity index is 1140. The summed E-state index contributed by atoms with van der Waals surface area (Å²) in [6.07, 6.45) is 1.32. The van der Waals surface area contributed by atoms with Gasteiger partial charge in [0, 0.05) is 23.5 Å². The molecule has 0 fully saturated rings. The van der Waals surface area contributed by atoms with Crippen LogP contribution in [0.5, 0.6) is 0 Å². The van der Waals surface area contributed by atoms with Gasteiger partial charge in [-0.1, -0.05) is 94.6 Å². The van der Waals surface area contributed by atoms with Crippen molar-refractivity contribution in [2.75, 3.05) is 0 Å². The van der Waals surface area contributed by atoms with E-state index in [0.717, 1.165) is 27.6 Å². The van der Waals surface area contributed by atoms with Crippen molar-refractivity contribution in [3.05, 3.63) is 104 Å². The van der Waals surface area contributed by atoms with Gasteiger partial charge in [-0.3, -0.25) is 9.59 Å². The molecule has 3 rings (SSSR count). The van der Waals surface area contributed by atoms with Crippen molar-refractivity contribution >= 4 is 50.9 Å². The minimum Gasteiger partial charge on any atom is -0.352 e. The highest BCUT2D eigenvalue weighted by Crippen LogP contribution is 2.24. The minimum atomic E-state index is -0.676. The molecule has 0 unspecified atom stereocenters. The topological polar surface area (TPSA) is 49.4 Å². The van der Waals surface area contributed by atoms with E-state index in [1.165, 1.54) is 0 Å². The van der Waals surface area contributed by atoms with Gasteiger partial charge in [0.25, 0.3) is 0 Å². The van der Waals surface area contributed by atoms with E-state index < -0.39 is 6.04 Å². The number of amides is 2. The van der Waals surface area contributed by atoms with Gasteiger partial charge >= 0.3 is 0 Å². The largest absolute Gasteiger partial charge is 0.352 e. The maximum Gasteiger partial charge on any atom is 0.243 e. The molecule has 184 valence electrons. The van der Waals surface area contributed by atoms with E-state index in [1.807, 2.05) is 68.4 Å². The summed E-state index contributed by atoms with van der Waals surface area (Å²) < 4.78 is 0.949. The van der Waals surface area contributed by atoms with Crippen molar-refractivity contribution in [3.63, 3.8) is 0 Å². The molecular weight excluding hydrogens is 547 g/mol. The lowest BCUT2D eigenvalue weighted by Crippen LogP contribution is -2.52. The lowest BCUT2D eigenvalue weighted by Gasteiger charge is -2.32. The van der Waals surface area contributed by atoms with Crippen LogP contribution < -0.4 is 5.32 Å². The number of hydrogen-bond donors (Lipinski definition) is 1. The molecule has 0 saturated heterocycles. The summed E-state index contributed by atoms with van der Waals surface area (Å²) in [6, 6.07) is 22.0. The van der Waals surface area contributed by atoms with Crippen molar-refractivity contribution in [2.45, 2.75) is 51.7 Å². The quantitative estimate of drug-likeness (QED) is 0.287. The van der Waals surface area contributed by atoms with Crippen molar-refractivity contribution < 1.29 is 9.59 Å². The lowest BCUT2D eigenvalue weighted by molar-refractivity contribution is -0.141. The third kappa shape index (κ3) is 8.09. The number of nitrogens with zero attached hydrogens (tertiary/aromatic N) is 1. The number of rotatable bonds is 10. The van der Waals surface area contributed by atoms with Gasteiger partial charge in [-0.2, -0.15) is 0 Å². The summed E-state index contributed by atoms with van der Waals surface area (Å²) in [5.74, 6) is -0.325. The molecule has 0 radical (unpaired) electrons. The van der Waals surface area contributed by atoms with Crippen molar-refractivity contribution in [3.8, 4) is 0 Å². The van der Waals surface area contributed by atoms with E-state index in [2.05, 4.69) is 21.2 Å². The summed E-state index contributed by atoms with van der Waals surface area (Å²) in [6.45, 7) is 4.29. The molecule has 0 aliphatic heterocycles. The summed E-state index contributed by atoms with van der Waals surface area (Å²) in [7, 11) is 0. The standard InChI is InChI=1S/C28H29BrCl2N2O2/c1-3-19(2)32-28(35)26(16-20-7-5-4-6-8-20)33(18-21-9-12-23(29)13-10-21)27(34)17-22-11-14-24(30)25(31)15-22/h4-15,19,26H,3,16-18H2,1-2H3,(H,32,35)/t19-,26+/m0/s1. The number of halogens is 3. The molecule has 2 atom stereocenters. The van der Waals surface area contributed by atoms with Crippen LogP contribution in [0, 0.1) is 0 Å². The molecule has 35 heavy (non-hydrogen) atoms. The molecule has 0 heterocycles. The predicted molar refractivity (Wildman–Crippen MR) is 147 cm³/mol. The molecule has 2 amide bonds. The Labute approximate surface area is 225 Å². The van der Waals surface area contributed by atoms with E-state index in [4.69, 9.17) is 23.2 Å².